The smallest absolute Gasteiger partial charge is 0.266 e. The van der Waals surface area contributed by atoms with Gasteiger partial charge in [0.2, 0.25) is 10.0 Å². The molecule has 0 fully saturated rings. The molecule has 17 heavy (non-hydrogen) atoms. The summed E-state index contributed by atoms with van der Waals surface area (Å²) in [5.41, 5.74) is -1.56. The molecule has 0 amide bonds. The van der Waals surface area contributed by atoms with Crippen LogP contribution in [0.5, 0.6) is 0 Å². The fourth-order valence-electron chi connectivity index (χ4n) is 1.05. The minimum Gasteiger partial charge on any atom is -0.394 e. The van der Waals surface area contributed by atoms with Crippen molar-refractivity contribution in [3.05, 3.63) is 27.6 Å². The average molecular weight is 281 g/mol. The van der Waals surface area contributed by atoms with Crippen molar-refractivity contribution in [3.63, 3.8) is 0 Å². The van der Waals surface area contributed by atoms with E-state index in [1.54, 1.807) is 0 Å². The quantitative estimate of drug-likeness (QED) is 0.727. The van der Waals surface area contributed by atoms with Crippen molar-refractivity contribution >= 4 is 21.6 Å². The molecule has 3 N–H and O–H groups in total. The third-order valence-corrected chi connectivity index (χ3v) is 3.91. The van der Waals surface area contributed by atoms with E-state index in [2.05, 4.69) is 9.71 Å². The van der Waals surface area contributed by atoms with Crippen LogP contribution in [0.2, 0.25) is 5.02 Å². The lowest BCUT2D eigenvalue weighted by molar-refractivity contribution is 0.208. The van der Waals surface area contributed by atoms with Crippen LogP contribution in [0.1, 0.15) is 13.8 Å². The fourth-order valence-corrected chi connectivity index (χ4v) is 2.68. The number of nitrogens with one attached hydrogen (secondary N) is 2. The highest BCUT2D eigenvalue weighted by molar-refractivity contribution is 7.89. The van der Waals surface area contributed by atoms with Gasteiger partial charge in [0.25, 0.3) is 5.56 Å². The molecule has 0 aromatic carbocycles. The van der Waals surface area contributed by atoms with Gasteiger partial charge in [0.1, 0.15) is 5.02 Å². The fraction of sp³-hybridized carbons (Fsp3) is 0.444. The Morgan fingerprint density at radius 1 is 1.53 bits per heavy atom. The van der Waals surface area contributed by atoms with Crippen molar-refractivity contribution in [3.8, 4) is 0 Å². The molecule has 8 heteroatoms. The van der Waals surface area contributed by atoms with Crippen LogP contribution in [0, 0.1) is 0 Å². The number of sulfonamides is 1. The largest absolute Gasteiger partial charge is 0.394 e. The van der Waals surface area contributed by atoms with Crippen LogP contribution in [-0.2, 0) is 10.0 Å². The van der Waals surface area contributed by atoms with E-state index >= 15 is 0 Å². The molecule has 0 saturated carbocycles. The van der Waals surface area contributed by atoms with E-state index in [4.69, 9.17) is 16.7 Å². The van der Waals surface area contributed by atoms with Crippen molar-refractivity contribution in [2.24, 2.45) is 0 Å². The van der Waals surface area contributed by atoms with Gasteiger partial charge in [-0.2, -0.15) is 0 Å². The predicted octanol–water partition coefficient (Wildman–Crippen LogP) is 0.0775. The summed E-state index contributed by atoms with van der Waals surface area (Å²) in [4.78, 5) is 13.0. The minimum atomic E-state index is -3.83. The first-order chi connectivity index (χ1) is 7.68. The summed E-state index contributed by atoms with van der Waals surface area (Å²) in [5, 5.41) is 8.78. The number of aromatic amines is 1. The van der Waals surface area contributed by atoms with E-state index < -0.39 is 21.1 Å². The van der Waals surface area contributed by atoms with Gasteiger partial charge < -0.3 is 10.1 Å². The lowest BCUT2D eigenvalue weighted by atomic mass is 10.1. The lowest BCUT2D eigenvalue weighted by Gasteiger charge is -2.23. The molecular weight excluding hydrogens is 268 g/mol. The third-order valence-electron chi connectivity index (χ3n) is 1.95. The summed E-state index contributed by atoms with van der Waals surface area (Å²) in [6.07, 6.45) is 1.05. The highest BCUT2D eigenvalue weighted by atomic mass is 35.5. The summed E-state index contributed by atoms with van der Waals surface area (Å²) in [7, 11) is -3.83. The zero-order valence-corrected chi connectivity index (χ0v) is 10.9. The molecule has 6 nitrogen and oxygen atoms in total. The number of hydrogen-bond acceptors (Lipinski definition) is 4. The Kier molecular flexibility index (Phi) is 3.98. The number of halogens is 1. The van der Waals surface area contributed by atoms with E-state index in [1.165, 1.54) is 13.8 Å². The Hall–Kier alpha value is -0.890. The van der Waals surface area contributed by atoms with E-state index in [-0.39, 0.29) is 16.5 Å². The second-order valence-corrected chi connectivity index (χ2v) is 6.25. The van der Waals surface area contributed by atoms with Gasteiger partial charge in [-0.05, 0) is 19.9 Å². The first-order valence-electron chi connectivity index (χ1n) is 4.71. The minimum absolute atomic E-state index is 0.163. The Bertz CT molecular complexity index is 565. The topological polar surface area (TPSA) is 99.3 Å². The normalized spacial score (nSPS) is 12.7. The number of aliphatic hydroxyl groups excluding tert-OH is 1. The van der Waals surface area contributed by atoms with Gasteiger partial charge in [-0.3, -0.25) is 4.79 Å². The molecule has 0 saturated heterocycles. The van der Waals surface area contributed by atoms with Crippen molar-refractivity contribution in [1.82, 2.24) is 9.71 Å². The average Bonchev–Trinajstić information content (AvgIpc) is 2.20. The van der Waals surface area contributed by atoms with Gasteiger partial charge in [0, 0.05) is 6.20 Å². The second kappa shape index (κ2) is 4.77. The monoisotopic (exact) mass is 280 g/mol. The van der Waals surface area contributed by atoms with Gasteiger partial charge in [-0.1, -0.05) is 11.6 Å². The lowest BCUT2D eigenvalue weighted by Crippen LogP contribution is -2.46. The molecule has 0 spiro atoms. The summed E-state index contributed by atoms with van der Waals surface area (Å²) in [6, 6.07) is 1.05. The second-order valence-electron chi connectivity index (χ2n) is 4.16. The van der Waals surface area contributed by atoms with Crippen LogP contribution in [0.4, 0.5) is 0 Å². The van der Waals surface area contributed by atoms with Gasteiger partial charge in [-0.15, -0.1) is 0 Å². The van der Waals surface area contributed by atoms with Crippen molar-refractivity contribution in [1.29, 1.82) is 0 Å². The van der Waals surface area contributed by atoms with E-state index in [0.717, 1.165) is 12.3 Å². The first kappa shape index (κ1) is 14.2. The Morgan fingerprint density at radius 3 is 2.59 bits per heavy atom. The van der Waals surface area contributed by atoms with E-state index in [0.29, 0.717) is 0 Å². The van der Waals surface area contributed by atoms with E-state index in [9.17, 15) is 13.2 Å². The summed E-state index contributed by atoms with van der Waals surface area (Å²) < 4.78 is 26.0. The van der Waals surface area contributed by atoms with Crippen LogP contribution in [0.3, 0.4) is 0 Å². The molecule has 0 aliphatic carbocycles. The molecule has 0 atom stereocenters. The maximum absolute atomic E-state index is 11.9. The standard InChI is InChI=1S/C9H13ClN2O4S/c1-9(2,5-13)12-17(15,16)6-3-7(10)8(14)11-4-6/h3-4,12-13H,5H2,1-2H3,(H,11,14). The third kappa shape index (κ3) is 3.53. The molecule has 1 rings (SSSR count). The van der Waals surface area contributed by atoms with Crippen LogP contribution in [-0.4, -0.2) is 30.7 Å². The van der Waals surface area contributed by atoms with Gasteiger partial charge in [0.15, 0.2) is 0 Å². The Morgan fingerprint density at radius 2 is 2.12 bits per heavy atom. The molecular formula is C9H13ClN2O4S. The van der Waals surface area contributed by atoms with Crippen molar-refractivity contribution < 1.29 is 13.5 Å². The number of rotatable bonds is 4. The van der Waals surface area contributed by atoms with Gasteiger partial charge in [-0.25, -0.2) is 13.1 Å². The molecule has 0 radical (unpaired) electrons. The van der Waals surface area contributed by atoms with E-state index in [1.807, 2.05) is 0 Å². The summed E-state index contributed by atoms with van der Waals surface area (Å²) >= 11 is 5.54. The van der Waals surface area contributed by atoms with Crippen LogP contribution < -0.4 is 10.3 Å². The van der Waals surface area contributed by atoms with Crippen LogP contribution >= 0.6 is 11.6 Å². The highest BCUT2D eigenvalue weighted by Crippen LogP contribution is 2.13. The van der Waals surface area contributed by atoms with Crippen LogP contribution in [0.15, 0.2) is 22.0 Å². The Balaban J connectivity index is 3.14. The van der Waals surface area contributed by atoms with Crippen molar-refractivity contribution in [2.75, 3.05) is 6.61 Å². The predicted molar refractivity (Wildman–Crippen MR) is 63.6 cm³/mol. The zero-order valence-electron chi connectivity index (χ0n) is 9.32. The number of aliphatic hydroxyl groups is 1. The number of H-pyrrole nitrogens is 1. The Labute approximate surface area is 104 Å². The van der Waals surface area contributed by atoms with Gasteiger partial charge >= 0.3 is 0 Å². The summed E-state index contributed by atoms with van der Waals surface area (Å²) in [5.74, 6) is 0. The zero-order chi connectivity index (χ0) is 13.3. The summed E-state index contributed by atoms with van der Waals surface area (Å²) in [6.45, 7) is 2.69. The molecule has 0 unspecified atom stereocenters. The molecule has 96 valence electrons. The van der Waals surface area contributed by atoms with Crippen molar-refractivity contribution in [2.45, 2.75) is 24.3 Å². The number of hydrogen-bond donors (Lipinski definition) is 3. The molecule has 0 aliphatic heterocycles. The highest BCUT2D eigenvalue weighted by Gasteiger charge is 2.25. The molecule has 1 heterocycles. The van der Waals surface area contributed by atoms with Gasteiger partial charge in [0.05, 0.1) is 17.0 Å². The molecule has 1 aromatic heterocycles. The maximum atomic E-state index is 11.9. The first-order valence-corrected chi connectivity index (χ1v) is 6.57. The molecule has 0 aliphatic rings. The number of aromatic nitrogens is 1. The molecule has 0 bridgehead atoms. The van der Waals surface area contributed by atoms with Crippen LogP contribution in [0.25, 0.3) is 0 Å². The number of pyridine rings is 1. The molecule has 1 aromatic rings. The maximum Gasteiger partial charge on any atom is 0.266 e. The SMILES string of the molecule is CC(C)(CO)NS(=O)(=O)c1c[nH]c(=O)c(Cl)c1.